The number of nitrogens with zero attached hydrogens (tertiary/aromatic N) is 1. The van der Waals surface area contributed by atoms with Crippen molar-refractivity contribution in [3.05, 3.63) is 54.1 Å². The molecule has 2 aromatic rings. The van der Waals surface area contributed by atoms with Gasteiger partial charge in [0.2, 0.25) is 0 Å². The number of carbonyl (C=O) groups excluding carboxylic acids is 1. The van der Waals surface area contributed by atoms with Gasteiger partial charge in [-0.15, -0.1) is 0 Å². The highest BCUT2D eigenvalue weighted by Crippen LogP contribution is 2.51. The van der Waals surface area contributed by atoms with E-state index < -0.39 is 0 Å². The van der Waals surface area contributed by atoms with E-state index in [1.165, 1.54) is 29.5 Å². The van der Waals surface area contributed by atoms with Gasteiger partial charge < -0.3 is 4.74 Å². The maximum Gasteiger partial charge on any atom is 0.136 e. The molecule has 0 radical (unpaired) electrons. The maximum absolute atomic E-state index is 12.7. The third-order valence-electron chi connectivity index (χ3n) is 8.87. The number of carbonyl (C=O) groups is 1. The maximum atomic E-state index is 12.7. The van der Waals surface area contributed by atoms with E-state index in [4.69, 9.17) is 4.74 Å². The van der Waals surface area contributed by atoms with Crippen LogP contribution in [0.25, 0.3) is 11.1 Å². The number of hydrogen-bond acceptors (Lipinski definition) is 3. The zero-order valence-corrected chi connectivity index (χ0v) is 22.3. The molecule has 0 amide bonds. The van der Waals surface area contributed by atoms with Gasteiger partial charge in [-0.2, -0.15) is 5.26 Å². The quantitative estimate of drug-likeness (QED) is 0.316. The Kier molecular flexibility index (Phi) is 9.24. The predicted octanol–water partition coefficient (Wildman–Crippen LogP) is 8.88. The second kappa shape index (κ2) is 12.6. The van der Waals surface area contributed by atoms with Gasteiger partial charge in [0.15, 0.2) is 0 Å². The number of hydrogen-bond donors (Lipinski definition) is 0. The molecule has 36 heavy (non-hydrogen) atoms. The molecule has 0 N–H and O–H groups in total. The summed E-state index contributed by atoms with van der Waals surface area (Å²) in [4.78, 5) is 12.7. The summed E-state index contributed by atoms with van der Waals surface area (Å²) in [5.41, 5.74) is 3.51. The van der Waals surface area contributed by atoms with Crippen LogP contribution in [0.5, 0.6) is 5.75 Å². The normalized spacial score (nSPS) is 26.4. The van der Waals surface area contributed by atoms with E-state index in [0.29, 0.717) is 18.1 Å². The molecule has 0 heterocycles. The molecular weight excluding hydrogens is 442 g/mol. The smallest absolute Gasteiger partial charge is 0.136 e. The molecule has 2 unspecified atom stereocenters. The first kappa shape index (κ1) is 26.5. The van der Waals surface area contributed by atoms with Crippen LogP contribution in [-0.4, -0.2) is 12.4 Å². The van der Waals surface area contributed by atoms with Crippen molar-refractivity contribution in [1.82, 2.24) is 0 Å². The predicted molar refractivity (Wildman–Crippen MR) is 147 cm³/mol. The standard InChI is InChI=1S/C33H43NO2/c1-3-5-6-22-36-31-16-13-27(14-17-31)25-8-10-26(11-9-25)28-18-20-33(24-34,21-19-28)30-15-12-29(7-4-2)32(35)23-30/h8-11,13-14,16-17,28-30H,3-7,12,15,18-23H2,1-2H3. The van der Waals surface area contributed by atoms with Crippen LogP contribution in [0.1, 0.15) is 102 Å². The van der Waals surface area contributed by atoms with Gasteiger partial charge in [-0.25, -0.2) is 0 Å². The third-order valence-corrected chi connectivity index (χ3v) is 8.87. The Bertz CT molecular complexity index is 1010. The summed E-state index contributed by atoms with van der Waals surface area (Å²) in [7, 11) is 0. The molecule has 0 bridgehead atoms. The Hall–Kier alpha value is -2.60. The summed E-state index contributed by atoms with van der Waals surface area (Å²) >= 11 is 0. The highest BCUT2D eigenvalue weighted by Gasteiger charge is 2.45. The molecule has 192 valence electrons. The molecule has 0 saturated heterocycles. The first-order valence-electron chi connectivity index (χ1n) is 14.4. The fourth-order valence-corrected chi connectivity index (χ4v) is 6.51. The topological polar surface area (TPSA) is 50.1 Å². The molecule has 0 spiro atoms. The first-order valence-corrected chi connectivity index (χ1v) is 14.4. The van der Waals surface area contributed by atoms with Crippen LogP contribution in [0.15, 0.2) is 48.5 Å². The van der Waals surface area contributed by atoms with E-state index in [1.807, 2.05) is 0 Å². The molecule has 0 aliphatic heterocycles. The van der Waals surface area contributed by atoms with E-state index in [1.54, 1.807) is 0 Å². The minimum Gasteiger partial charge on any atom is -0.494 e. The summed E-state index contributed by atoms with van der Waals surface area (Å²) in [6.07, 6.45) is 12.2. The van der Waals surface area contributed by atoms with Crippen LogP contribution in [-0.2, 0) is 4.79 Å². The number of ether oxygens (including phenoxy) is 1. The Balaban J connectivity index is 1.32. The fraction of sp³-hybridized carbons (Fsp3) is 0.576. The van der Waals surface area contributed by atoms with E-state index in [-0.39, 0.29) is 17.3 Å². The largest absolute Gasteiger partial charge is 0.494 e. The van der Waals surface area contributed by atoms with Crippen molar-refractivity contribution >= 4 is 5.78 Å². The fourth-order valence-electron chi connectivity index (χ4n) is 6.51. The minimum atomic E-state index is -0.302. The van der Waals surface area contributed by atoms with Gasteiger partial charge in [-0.1, -0.05) is 69.5 Å². The van der Waals surface area contributed by atoms with Gasteiger partial charge in [0.1, 0.15) is 11.5 Å². The molecule has 2 atom stereocenters. The van der Waals surface area contributed by atoms with Crippen LogP contribution in [0, 0.1) is 28.6 Å². The number of benzene rings is 2. The SMILES string of the molecule is CCCCCOc1ccc(-c2ccc(C3CCC(C#N)(C4CCC(CCC)C(=O)C4)CC3)cc2)cc1. The van der Waals surface area contributed by atoms with Gasteiger partial charge in [-0.3, -0.25) is 4.79 Å². The van der Waals surface area contributed by atoms with Gasteiger partial charge in [-0.05, 0) is 92.0 Å². The number of ketones is 1. The number of rotatable bonds is 10. The zero-order chi connectivity index (χ0) is 25.4. The van der Waals surface area contributed by atoms with Crippen molar-refractivity contribution < 1.29 is 9.53 Å². The molecule has 4 rings (SSSR count). The van der Waals surface area contributed by atoms with Gasteiger partial charge >= 0.3 is 0 Å². The highest BCUT2D eigenvalue weighted by atomic mass is 16.5. The van der Waals surface area contributed by atoms with E-state index in [0.717, 1.165) is 70.1 Å². The lowest BCUT2D eigenvalue weighted by molar-refractivity contribution is -0.128. The van der Waals surface area contributed by atoms with Gasteiger partial charge in [0.05, 0.1) is 18.1 Å². The lowest BCUT2D eigenvalue weighted by Gasteiger charge is -2.43. The van der Waals surface area contributed by atoms with Crippen LogP contribution in [0.4, 0.5) is 0 Å². The summed E-state index contributed by atoms with van der Waals surface area (Å²) < 4.78 is 5.85. The molecule has 3 heteroatoms. The van der Waals surface area contributed by atoms with Crippen LogP contribution in [0.2, 0.25) is 0 Å². The number of Topliss-reactive ketones (excluding diaryl/α,β-unsaturated/α-hetero) is 1. The Labute approximate surface area is 218 Å². The number of nitriles is 1. The van der Waals surface area contributed by atoms with Crippen LogP contribution in [0.3, 0.4) is 0 Å². The third kappa shape index (κ3) is 6.20. The van der Waals surface area contributed by atoms with Crippen molar-refractivity contribution in [2.24, 2.45) is 17.3 Å². The van der Waals surface area contributed by atoms with Crippen molar-refractivity contribution in [1.29, 1.82) is 5.26 Å². The van der Waals surface area contributed by atoms with E-state index in [2.05, 4.69) is 68.4 Å². The van der Waals surface area contributed by atoms with Crippen molar-refractivity contribution in [3.63, 3.8) is 0 Å². The molecular formula is C33H43NO2. The minimum absolute atomic E-state index is 0.242. The average Bonchev–Trinajstić information content (AvgIpc) is 2.93. The molecule has 2 fully saturated rings. The first-order chi connectivity index (χ1) is 17.6. The second-order valence-corrected chi connectivity index (χ2v) is 11.2. The molecule has 2 saturated carbocycles. The Morgan fingerprint density at radius 2 is 1.56 bits per heavy atom. The summed E-state index contributed by atoms with van der Waals surface area (Å²) in [6.45, 7) is 5.15. The van der Waals surface area contributed by atoms with Crippen molar-refractivity contribution in [2.75, 3.05) is 6.61 Å². The molecule has 3 nitrogen and oxygen atoms in total. The van der Waals surface area contributed by atoms with Crippen LogP contribution < -0.4 is 4.74 Å². The molecule has 2 aliphatic carbocycles. The van der Waals surface area contributed by atoms with Crippen LogP contribution >= 0.6 is 0 Å². The van der Waals surface area contributed by atoms with Crippen molar-refractivity contribution in [3.8, 4) is 22.9 Å². The monoisotopic (exact) mass is 485 g/mol. The number of unbranched alkanes of at least 4 members (excludes halogenated alkanes) is 2. The summed E-state index contributed by atoms with van der Waals surface area (Å²) in [5, 5.41) is 10.2. The van der Waals surface area contributed by atoms with Gasteiger partial charge in [0, 0.05) is 12.3 Å². The Morgan fingerprint density at radius 3 is 2.14 bits per heavy atom. The molecule has 2 aliphatic rings. The van der Waals surface area contributed by atoms with Gasteiger partial charge in [0.25, 0.3) is 0 Å². The molecule has 2 aromatic carbocycles. The zero-order valence-electron chi connectivity index (χ0n) is 22.3. The summed E-state index contributed by atoms with van der Waals surface area (Å²) in [5.74, 6) is 2.36. The average molecular weight is 486 g/mol. The Morgan fingerprint density at radius 1 is 0.889 bits per heavy atom. The van der Waals surface area contributed by atoms with E-state index >= 15 is 0 Å². The van der Waals surface area contributed by atoms with E-state index in [9.17, 15) is 10.1 Å². The lowest BCUT2D eigenvalue weighted by atomic mass is 9.59. The second-order valence-electron chi connectivity index (χ2n) is 11.2. The summed E-state index contributed by atoms with van der Waals surface area (Å²) in [6, 6.07) is 20.1. The lowest BCUT2D eigenvalue weighted by Crippen LogP contribution is -2.38. The van der Waals surface area contributed by atoms with Crippen molar-refractivity contribution in [2.45, 2.75) is 96.8 Å². The highest BCUT2D eigenvalue weighted by molar-refractivity contribution is 5.82. The molecule has 0 aromatic heterocycles.